The highest BCUT2D eigenvalue weighted by Gasteiger charge is 2.11. The number of nitrogens with one attached hydrogen (secondary N) is 1. The highest BCUT2D eigenvalue weighted by molar-refractivity contribution is 5.50. The molecule has 0 unspecified atom stereocenters. The summed E-state index contributed by atoms with van der Waals surface area (Å²) in [5.41, 5.74) is 1.42. The maximum Gasteiger partial charge on any atom is 0.166 e. The van der Waals surface area contributed by atoms with Crippen molar-refractivity contribution < 1.29 is 13.9 Å². The average molecular weight is 303 g/mol. The number of unbranched alkanes of at least 4 members (excludes halogenated alkanes) is 1. The van der Waals surface area contributed by atoms with Gasteiger partial charge in [-0.1, -0.05) is 37.6 Å². The van der Waals surface area contributed by atoms with E-state index >= 15 is 0 Å². The summed E-state index contributed by atoms with van der Waals surface area (Å²) in [6.45, 7) is 3.23. The van der Waals surface area contributed by atoms with Crippen molar-refractivity contribution in [1.82, 2.24) is 0 Å². The quantitative estimate of drug-likeness (QED) is 0.721. The van der Waals surface area contributed by atoms with Crippen LogP contribution in [0.3, 0.4) is 0 Å². The van der Waals surface area contributed by atoms with Gasteiger partial charge in [-0.25, -0.2) is 4.39 Å². The summed E-state index contributed by atoms with van der Waals surface area (Å²) in [5, 5.41) is 3.10. The molecule has 118 valence electrons. The molecule has 2 aromatic carbocycles. The Kier molecular flexibility index (Phi) is 6.07. The van der Waals surface area contributed by atoms with E-state index in [0.717, 1.165) is 24.2 Å². The van der Waals surface area contributed by atoms with Crippen molar-refractivity contribution in [2.45, 2.75) is 26.3 Å². The van der Waals surface area contributed by atoms with Crippen LogP contribution in [0.25, 0.3) is 0 Å². The number of ether oxygens (including phenoxy) is 2. The van der Waals surface area contributed by atoms with Crippen LogP contribution in [0.4, 0.5) is 10.1 Å². The molecule has 0 saturated carbocycles. The Morgan fingerprint density at radius 3 is 2.64 bits per heavy atom. The minimum absolute atomic E-state index is 0.265. The molecule has 22 heavy (non-hydrogen) atoms. The minimum Gasteiger partial charge on any atom is -0.493 e. The maximum atomic E-state index is 13.7. The molecular formula is C18H22FNO2. The van der Waals surface area contributed by atoms with Crippen molar-refractivity contribution in [2.75, 3.05) is 19.0 Å². The lowest BCUT2D eigenvalue weighted by Gasteiger charge is -2.16. The van der Waals surface area contributed by atoms with E-state index in [-0.39, 0.29) is 5.82 Å². The van der Waals surface area contributed by atoms with Crippen molar-refractivity contribution in [3.63, 3.8) is 0 Å². The predicted octanol–water partition coefficient (Wildman–Crippen LogP) is 4.63. The highest BCUT2D eigenvalue weighted by Crippen LogP contribution is 2.32. The number of hydrogen-bond acceptors (Lipinski definition) is 3. The normalized spacial score (nSPS) is 10.3. The molecule has 1 N–H and O–H groups in total. The molecule has 2 aromatic rings. The lowest BCUT2D eigenvalue weighted by Crippen LogP contribution is -2.06. The third-order valence-electron chi connectivity index (χ3n) is 3.37. The van der Waals surface area contributed by atoms with E-state index in [9.17, 15) is 4.39 Å². The first-order valence-electron chi connectivity index (χ1n) is 7.53. The van der Waals surface area contributed by atoms with E-state index < -0.39 is 0 Å². The van der Waals surface area contributed by atoms with Gasteiger partial charge in [0.25, 0.3) is 0 Å². The summed E-state index contributed by atoms with van der Waals surface area (Å²) >= 11 is 0. The number of halogens is 1. The van der Waals surface area contributed by atoms with Gasteiger partial charge in [0, 0.05) is 12.1 Å². The third kappa shape index (κ3) is 4.13. The second kappa shape index (κ2) is 8.27. The van der Waals surface area contributed by atoms with Gasteiger partial charge in [-0.2, -0.15) is 0 Å². The van der Waals surface area contributed by atoms with Gasteiger partial charge >= 0.3 is 0 Å². The van der Waals surface area contributed by atoms with Gasteiger partial charge in [0.15, 0.2) is 11.5 Å². The van der Waals surface area contributed by atoms with E-state index in [1.54, 1.807) is 25.3 Å². The fourth-order valence-corrected chi connectivity index (χ4v) is 2.14. The van der Waals surface area contributed by atoms with Crippen molar-refractivity contribution in [1.29, 1.82) is 0 Å². The highest BCUT2D eigenvalue weighted by atomic mass is 19.1. The SMILES string of the molecule is CCCCOc1c(CNc2ccccc2F)cccc1OC. The van der Waals surface area contributed by atoms with Gasteiger partial charge in [-0.05, 0) is 24.6 Å². The van der Waals surface area contributed by atoms with Crippen LogP contribution in [0.15, 0.2) is 42.5 Å². The first-order valence-corrected chi connectivity index (χ1v) is 7.53. The van der Waals surface area contributed by atoms with Crippen molar-refractivity contribution in [3.8, 4) is 11.5 Å². The summed E-state index contributed by atoms with van der Waals surface area (Å²) in [4.78, 5) is 0. The molecular weight excluding hydrogens is 281 g/mol. The van der Waals surface area contributed by atoms with E-state index in [4.69, 9.17) is 9.47 Å². The molecule has 0 aliphatic rings. The molecule has 3 nitrogen and oxygen atoms in total. The fraction of sp³-hybridized carbons (Fsp3) is 0.333. The predicted molar refractivity (Wildman–Crippen MR) is 87.1 cm³/mol. The zero-order chi connectivity index (χ0) is 15.8. The molecule has 0 aromatic heterocycles. The number of para-hydroxylation sites is 2. The number of rotatable bonds is 8. The largest absolute Gasteiger partial charge is 0.493 e. The zero-order valence-corrected chi connectivity index (χ0v) is 13.1. The van der Waals surface area contributed by atoms with Gasteiger partial charge < -0.3 is 14.8 Å². The number of benzene rings is 2. The Labute approximate surface area is 131 Å². The standard InChI is InChI=1S/C18H22FNO2/c1-3-4-12-22-18-14(8-7-11-17(18)21-2)13-20-16-10-6-5-9-15(16)19/h5-11,20H,3-4,12-13H2,1-2H3. The van der Waals surface area contributed by atoms with E-state index in [1.807, 2.05) is 18.2 Å². The van der Waals surface area contributed by atoms with Gasteiger partial charge in [-0.3, -0.25) is 0 Å². The first kappa shape index (κ1) is 16.1. The molecule has 0 heterocycles. The lowest BCUT2D eigenvalue weighted by atomic mass is 10.1. The van der Waals surface area contributed by atoms with E-state index in [0.29, 0.717) is 24.6 Å². The number of methoxy groups -OCH3 is 1. The van der Waals surface area contributed by atoms with Gasteiger partial charge in [-0.15, -0.1) is 0 Å². The molecule has 0 amide bonds. The van der Waals surface area contributed by atoms with Crippen LogP contribution in [0.5, 0.6) is 11.5 Å². The Morgan fingerprint density at radius 2 is 1.91 bits per heavy atom. The molecule has 0 saturated heterocycles. The van der Waals surface area contributed by atoms with E-state index in [2.05, 4.69) is 12.2 Å². The number of anilines is 1. The van der Waals surface area contributed by atoms with E-state index in [1.165, 1.54) is 6.07 Å². The van der Waals surface area contributed by atoms with Crippen LogP contribution < -0.4 is 14.8 Å². The summed E-state index contributed by atoms with van der Waals surface area (Å²) in [5.74, 6) is 1.16. The summed E-state index contributed by atoms with van der Waals surface area (Å²) in [6, 6.07) is 12.4. The van der Waals surface area contributed by atoms with Crippen LogP contribution in [0.2, 0.25) is 0 Å². The molecule has 0 aliphatic heterocycles. The van der Waals surface area contributed by atoms with Crippen molar-refractivity contribution in [2.24, 2.45) is 0 Å². The molecule has 0 bridgehead atoms. The third-order valence-corrected chi connectivity index (χ3v) is 3.37. The second-order valence-electron chi connectivity index (χ2n) is 4.98. The zero-order valence-electron chi connectivity index (χ0n) is 13.1. The molecule has 0 fully saturated rings. The van der Waals surface area contributed by atoms with Gasteiger partial charge in [0.2, 0.25) is 0 Å². The Bertz CT molecular complexity index is 601. The lowest BCUT2D eigenvalue weighted by molar-refractivity contribution is 0.285. The Morgan fingerprint density at radius 1 is 1.09 bits per heavy atom. The van der Waals surface area contributed by atoms with Gasteiger partial charge in [0.05, 0.1) is 19.4 Å². The Hall–Kier alpha value is -2.23. The fourth-order valence-electron chi connectivity index (χ4n) is 2.14. The van der Waals surface area contributed by atoms with Crippen LogP contribution in [0.1, 0.15) is 25.3 Å². The monoisotopic (exact) mass is 303 g/mol. The second-order valence-corrected chi connectivity index (χ2v) is 4.98. The first-order chi connectivity index (χ1) is 10.8. The minimum atomic E-state index is -0.265. The average Bonchev–Trinajstić information content (AvgIpc) is 2.55. The van der Waals surface area contributed by atoms with Crippen LogP contribution in [0, 0.1) is 5.82 Å². The summed E-state index contributed by atoms with van der Waals surface area (Å²) in [6.07, 6.45) is 2.05. The van der Waals surface area contributed by atoms with Crippen molar-refractivity contribution in [3.05, 3.63) is 53.8 Å². The summed E-state index contributed by atoms with van der Waals surface area (Å²) < 4.78 is 24.9. The molecule has 0 aliphatic carbocycles. The van der Waals surface area contributed by atoms with Crippen LogP contribution >= 0.6 is 0 Å². The molecule has 0 radical (unpaired) electrons. The van der Waals surface area contributed by atoms with Crippen LogP contribution in [-0.4, -0.2) is 13.7 Å². The summed E-state index contributed by atoms with van der Waals surface area (Å²) in [7, 11) is 1.62. The number of hydrogen-bond donors (Lipinski definition) is 1. The van der Waals surface area contributed by atoms with Crippen molar-refractivity contribution >= 4 is 5.69 Å². The van der Waals surface area contributed by atoms with Gasteiger partial charge in [0.1, 0.15) is 5.82 Å². The molecule has 2 rings (SSSR count). The molecule has 0 atom stereocenters. The smallest absolute Gasteiger partial charge is 0.166 e. The maximum absolute atomic E-state index is 13.7. The molecule has 4 heteroatoms. The van der Waals surface area contributed by atoms with Crippen LogP contribution in [-0.2, 0) is 6.54 Å². The Balaban J connectivity index is 2.13. The topological polar surface area (TPSA) is 30.5 Å². The molecule has 0 spiro atoms.